The first-order valence-electron chi connectivity index (χ1n) is 10.1. The zero-order valence-corrected chi connectivity index (χ0v) is 18.8. The minimum absolute atomic E-state index is 0.00229. The van der Waals surface area contributed by atoms with Gasteiger partial charge in [0.1, 0.15) is 0 Å². The van der Waals surface area contributed by atoms with Crippen molar-refractivity contribution in [2.45, 2.75) is 13.0 Å². The van der Waals surface area contributed by atoms with Gasteiger partial charge in [0.15, 0.2) is 5.13 Å². The van der Waals surface area contributed by atoms with E-state index in [0.29, 0.717) is 26.9 Å². The van der Waals surface area contributed by atoms with Crippen LogP contribution in [0.25, 0.3) is 21.1 Å². The third-order valence-electron chi connectivity index (χ3n) is 5.32. The molecule has 9 heteroatoms. The van der Waals surface area contributed by atoms with E-state index in [1.807, 2.05) is 54.7 Å². The molecule has 1 amide bonds. The maximum absolute atomic E-state index is 12.8. The smallest absolute Gasteiger partial charge is 0.270 e. The number of halogens is 1. The van der Waals surface area contributed by atoms with Crippen LogP contribution < -0.4 is 5.32 Å². The molecular weight excluding hydrogens is 460 g/mol. The van der Waals surface area contributed by atoms with Crippen LogP contribution in [0.3, 0.4) is 0 Å². The van der Waals surface area contributed by atoms with Crippen LogP contribution in [0.4, 0.5) is 10.8 Å². The number of rotatable bonds is 6. The topological polar surface area (TPSA) is 90.1 Å². The molecule has 1 N–H and O–H groups in total. The number of nitrogens with one attached hydrogen (secondary N) is 1. The Hall–Kier alpha value is -3.75. The van der Waals surface area contributed by atoms with Gasteiger partial charge in [-0.2, -0.15) is 0 Å². The highest BCUT2D eigenvalue weighted by molar-refractivity contribution is 7.22. The molecule has 0 saturated heterocycles. The monoisotopic (exact) mass is 476 g/mol. The lowest BCUT2D eigenvalue weighted by atomic mass is 10.1. The van der Waals surface area contributed by atoms with Crippen molar-refractivity contribution < 1.29 is 9.72 Å². The first-order valence-corrected chi connectivity index (χ1v) is 11.3. The molecule has 0 atom stereocenters. The van der Waals surface area contributed by atoms with Gasteiger partial charge in [-0.05, 0) is 35.4 Å². The Bertz CT molecular complexity index is 1510. The zero-order chi connectivity index (χ0) is 22.9. The lowest BCUT2D eigenvalue weighted by Gasteiger charge is -2.05. The van der Waals surface area contributed by atoms with E-state index in [4.69, 9.17) is 11.6 Å². The maximum Gasteiger partial charge on any atom is 0.270 e. The summed E-state index contributed by atoms with van der Waals surface area (Å²) in [6.07, 6.45) is 2.19. The van der Waals surface area contributed by atoms with E-state index in [0.717, 1.165) is 22.0 Å². The van der Waals surface area contributed by atoms with Gasteiger partial charge in [-0.3, -0.25) is 14.9 Å². The van der Waals surface area contributed by atoms with Crippen molar-refractivity contribution in [3.63, 3.8) is 0 Å². The first kappa shape index (κ1) is 21.1. The molecule has 0 aliphatic rings. The van der Waals surface area contributed by atoms with Crippen molar-refractivity contribution in [2.24, 2.45) is 0 Å². The number of nitro benzene ring substituents is 1. The summed E-state index contributed by atoms with van der Waals surface area (Å²) in [4.78, 5) is 27.7. The van der Waals surface area contributed by atoms with Crippen LogP contribution in [0.5, 0.6) is 0 Å². The third-order valence-corrected chi connectivity index (χ3v) is 6.50. The van der Waals surface area contributed by atoms with Gasteiger partial charge in [0, 0.05) is 40.8 Å². The summed E-state index contributed by atoms with van der Waals surface area (Å²) in [7, 11) is 0. The van der Waals surface area contributed by atoms with E-state index in [1.54, 1.807) is 6.07 Å². The number of non-ortho nitro benzene ring substituents is 1. The molecule has 0 aliphatic carbocycles. The van der Waals surface area contributed by atoms with E-state index in [2.05, 4.69) is 14.9 Å². The van der Waals surface area contributed by atoms with Crippen molar-refractivity contribution in [3.8, 4) is 0 Å². The second-order valence-corrected chi connectivity index (χ2v) is 9.05. The van der Waals surface area contributed by atoms with Crippen molar-refractivity contribution in [1.82, 2.24) is 9.55 Å². The highest BCUT2D eigenvalue weighted by Crippen LogP contribution is 2.30. The minimum Gasteiger partial charge on any atom is -0.343 e. The average Bonchev–Trinajstić information content (AvgIpc) is 3.35. The summed E-state index contributed by atoms with van der Waals surface area (Å²) in [6.45, 7) is 0.663. The molecule has 2 heterocycles. The number of hydrogen-bond acceptors (Lipinski definition) is 5. The quantitative estimate of drug-likeness (QED) is 0.239. The number of anilines is 1. The molecule has 0 bridgehead atoms. The SMILES string of the molecule is O=C(Cc1cn(Cc2ccc(Cl)cc2)c2ccccc12)Nc1nc2ccc([N+](=O)[O-])cc2s1. The Morgan fingerprint density at radius 3 is 2.70 bits per heavy atom. The molecule has 33 heavy (non-hydrogen) atoms. The summed E-state index contributed by atoms with van der Waals surface area (Å²) >= 11 is 7.22. The Labute approximate surface area is 197 Å². The van der Waals surface area contributed by atoms with E-state index < -0.39 is 4.92 Å². The number of fused-ring (bicyclic) bond motifs is 2. The number of thiazole rings is 1. The summed E-state index contributed by atoms with van der Waals surface area (Å²) in [5, 5.41) is 15.9. The van der Waals surface area contributed by atoms with Crippen LogP contribution in [0.15, 0.2) is 72.9 Å². The minimum atomic E-state index is -0.447. The van der Waals surface area contributed by atoms with Crippen LogP contribution in [-0.4, -0.2) is 20.4 Å². The molecule has 0 saturated carbocycles. The Morgan fingerprint density at radius 1 is 1.12 bits per heavy atom. The second-order valence-electron chi connectivity index (χ2n) is 7.58. The molecule has 0 aliphatic heterocycles. The average molecular weight is 477 g/mol. The maximum atomic E-state index is 12.8. The molecule has 0 fully saturated rings. The highest BCUT2D eigenvalue weighted by Gasteiger charge is 2.15. The van der Waals surface area contributed by atoms with Crippen LogP contribution in [-0.2, 0) is 17.8 Å². The number of benzene rings is 3. The van der Waals surface area contributed by atoms with Crippen molar-refractivity contribution in [1.29, 1.82) is 0 Å². The lowest BCUT2D eigenvalue weighted by molar-refractivity contribution is -0.384. The van der Waals surface area contributed by atoms with Crippen LogP contribution in [0.2, 0.25) is 5.02 Å². The van der Waals surface area contributed by atoms with Gasteiger partial charge in [-0.25, -0.2) is 4.98 Å². The second kappa shape index (κ2) is 8.65. The summed E-state index contributed by atoms with van der Waals surface area (Å²) in [6, 6.07) is 20.1. The Kier molecular flexibility index (Phi) is 5.53. The summed E-state index contributed by atoms with van der Waals surface area (Å²) < 4.78 is 2.77. The fourth-order valence-corrected chi connectivity index (χ4v) is 4.84. The Morgan fingerprint density at radius 2 is 1.91 bits per heavy atom. The van der Waals surface area contributed by atoms with Crippen LogP contribution >= 0.6 is 22.9 Å². The molecule has 164 valence electrons. The normalized spacial score (nSPS) is 11.2. The van der Waals surface area contributed by atoms with Gasteiger partial charge in [0.2, 0.25) is 5.91 Å². The number of nitro groups is 1. The molecular formula is C24H17ClN4O3S. The fraction of sp³-hybridized carbons (Fsp3) is 0.0833. The van der Waals surface area contributed by atoms with Gasteiger partial charge < -0.3 is 9.88 Å². The standard InChI is InChI=1S/C24H17ClN4O3S/c25-17-7-5-15(6-8-17)13-28-14-16(19-3-1-2-4-21(19)28)11-23(30)27-24-26-20-10-9-18(29(31)32)12-22(20)33-24/h1-10,12,14H,11,13H2,(H,26,27,30). The zero-order valence-electron chi connectivity index (χ0n) is 17.2. The largest absolute Gasteiger partial charge is 0.343 e. The number of carbonyl (C=O) groups excluding carboxylic acids is 1. The number of carbonyl (C=O) groups is 1. The van der Waals surface area contributed by atoms with Crippen LogP contribution in [0.1, 0.15) is 11.1 Å². The molecule has 5 rings (SSSR count). The molecule has 7 nitrogen and oxygen atoms in total. The molecule has 3 aromatic carbocycles. The van der Waals surface area contributed by atoms with Gasteiger partial charge in [0.25, 0.3) is 5.69 Å². The lowest BCUT2D eigenvalue weighted by Crippen LogP contribution is -2.14. The number of para-hydroxylation sites is 1. The fourth-order valence-electron chi connectivity index (χ4n) is 3.80. The van der Waals surface area contributed by atoms with Gasteiger partial charge >= 0.3 is 0 Å². The molecule has 2 aromatic heterocycles. The Balaban J connectivity index is 1.37. The predicted molar refractivity (Wildman–Crippen MR) is 131 cm³/mol. The van der Waals surface area contributed by atoms with Crippen LogP contribution in [0, 0.1) is 10.1 Å². The molecule has 0 unspecified atom stereocenters. The summed E-state index contributed by atoms with van der Waals surface area (Å²) in [5.41, 5.74) is 3.68. The van der Waals surface area contributed by atoms with Gasteiger partial charge in [-0.1, -0.05) is 53.3 Å². The highest BCUT2D eigenvalue weighted by atomic mass is 35.5. The number of amides is 1. The summed E-state index contributed by atoms with van der Waals surface area (Å²) in [5.74, 6) is -0.196. The van der Waals surface area contributed by atoms with E-state index in [1.165, 1.54) is 23.5 Å². The molecule has 0 spiro atoms. The van der Waals surface area contributed by atoms with E-state index >= 15 is 0 Å². The molecule has 5 aromatic rings. The number of hydrogen-bond donors (Lipinski definition) is 1. The van der Waals surface area contributed by atoms with E-state index in [9.17, 15) is 14.9 Å². The van der Waals surface area contributed by atoms with Gasteiger partial charge in [0.05, 0.1) is 21.6 Å². The van der Waals surface area contributed by atoms with Crippen molar-refractivity contribution in [3.05, 3.63) is 99.2 Å². The van der Waals surface area contributed by atoms with Gasteiger partial charge in [-0.15, -0.1) is 0 Å². The van der Waals surface area contributed by atoms with E-state index in [-0.39, 0.29) is 18.0 Å². The first-order chi connectivity index (χ1) is 16.0. The van der Waals surface area contributed by atoms with Crippen molar-refractivity contribution >= 4 is 60.8 Å². The predicted octanol–water partition coefficient (Wildman–Crippen LogP) is 6.04. The number of nitrogens with zero attached hydrogens (tertiary/aromatic N) is 3. The van der Waals surface area contributed by atoms with Crippen molar-refractivity contribution in [2.75, 3.05) is 5.32 Å². The molecule has 0 radical (unpaired) electrons. The third kappa shape index (κ3) is 4.44. The number of aromatic nitrogens is 2.